The minimum atomic E-state index is -0.512. The van der Waals surface area contributed by atoms with Gasteiger partial charge in [0.2, 0.25) is 5.91 Å². The average molecular weight is 277 g/mol. The highest BCUT2D eigenvalue weighted by Crippen LogP contribution is 2.20. The molecule has 2 N–H and O–H groups in total. The van der Waals surface area contributed by atoms with Crippen molar-refractivity contribution in [1.29, 1.82) is 0 Å². The van der Waals surface area contributed by atoms with Crippen LogP contribution in [0.2, 0.25) is 0 Å². The molecule has 110 valence electrons. The number of nitrogens with zero attached hydrogens (tertiary/aromatic N) is 1. The van der Waals surface area contributed by atoms with Crippen molar-refractivity contribution in [2.75, 3.05) is 38.6 Å². The van der Waals surface area contributed by atoms with Crippen LogP contribution in [0.15, 0.2) is 24.3 Å². The van der Waals surface area contributed by atoms with E-state index in [9.17, 15) is 4.79 Å². The highest BCUT2D eigenvalue weighted by Gasteiger charge is 2.35. The molecule has 0 radical (unpaired) electrons. The highest BCUT2D eigenvalue weighted by atomic mass is 16.5. The van der Waals surface area contributed by atoms with E-state index in [1.807, 2.05) is 38.1 Å². The maximum Gasteiger partial charge on any atom is 0.244 e. The summed E-state index contributed by atoms with van der Waals surface area (Å²) in [5.74, 6) is 0.800. The van der Waals surface area contributed by atoms with Gasteiger partial charge in [-0.05, 0) is 38.1 Å². The predicted molar refractivity (Wildman–Crippen MR) is 80.1 cm³/mol. The van der Waals surface area contributed by atoms with Gasteiger partial charge in [-0.25, -0.2) is 0 Å². The van der Waals surface area contributed by atoms with E-state index in [0.29, 0.717) is 0 Å². The Kier molecular flexibility index (Phi) is 4.62. The molecule has 0 spiro atoms. The third kappa shape index (κ3) is 3.29. The monoisotopic (exact) mass is 277 g/mol. The van der Waals surface area contributed by atoms with Gasteiger partial charge in [-0.1, -0.05) is 0 Å². The van der Waals surface area contributed by atoms with Gasteiger partial charge in [0.25, 0.3) is 0 Å². The van der Waals surface area contributed by atoms with E-state index in [1.54, 1.807) is 7.11 Å². The van der Waals surface area contributed by atoms with Gasteiger partial charge in [0.1, 0.15) is 5.75 Å². The zero-order valence-electron chi connectivity index (χ0n) is 12.4. The molecule has 0 bridgehead atoms. The van der Waals surface area contributed by atoms with E-state index in [1.165, 1.54) is 0 Å². The second-order valence-electron chi connectivity index (χ2n) is 5.48. The second-order valence-corrected chi connectivity index (χ2v) is 5.48. The summed E-state index contributed by atoms with van der Waals surface area (Å²) in [4.78, 5) is 14.7. The smallest absolute Gasteiger partial charge is 0.244 e. The Bertz CT molecular complexity index is 451. The van der Waals surface area contributed by atoms with Crippen LogP contribution in [0.1, 0.15) is 13.8 Å². The normalized spacial score (nSPS) is 16.8. The van der Waals surface area contributed by atoms with Gasteiger partial charge < -0.3 is 15.4 Å². The topological polar surface area (TPSA) is 53.6 Å². The molecule has 1 saturated heterocycles. The zero-order chi connectivity index (χ0) is 14.6. The molecule has 5 nitrogen and oxygen atoms in total. The van der Waals surface area contributed by atoms with Crippen molar-refractivity contribution in [1.82, 2.24) is 10.2 Å². The number of anilines is 1. The molecule has 1 aromatic carbocycles. The standard InChI is InChI=1S/C15H23N3O2/c1-15(2,18-10-8-16-9-11-18)14(19)17-12-4-6-13(20-3)7-5-12/h4-7,16H,8-11H2,1-3H3,(H,17,19). The molecule has 1 aliphatic heterocycles. The SMILES string of the molecule is COc1ccc(NC(=O)C(C)(C)N2CCNCC2)cc1. The van der Waals surface area contributed by atoms with E-state index in [4.69, 9.17) is 4.74 Å². The third-order valence-electron chi connectivity index (χ3n) is 3.81. The lowest BCUT2D eigenvalue weighted by molar-refractivity contribution is -0.126. The maximum atomic E-state index is 12.5. The van der Waals surface area contributed by atoms with Crippen LogP contribution < -0.4 is 15.4 Å². The predicted octanol–water partition coefficient (Wildman–Crippen LogP) is 1.32. The van der Waals surface area contributed by atoms with Crippen molar-refractivity contribution >= 4 is 11.6 Å². The van der Waals surface area contributed by atoms with Crippen LogP contribution in [0.4, 0.5) is 5.69 Å². The number of hydrogen-bond acceptors (Lipinski definition) is 4. The molecule has 1 amide bonds. The number of benzene rings is 1. The molecule has 2 rings (SSSR count). The summed E-state index contributed by atoms with van der Waals surface area (Å²) in [5, 5.41) is 6.28. The van der Waals surface area contributed by atoms with Crippen LogP contribution in [-0.4, -0.2) is 49.6 Å². The summed E-state index contributed by atoms with van der Waals surface area (Å²) in [6.07, 6.45) is 0. The lowest BCUT2D eigenvalue weighted by atomic mass is 10.0. The quantitative estimate of drug-likeness (QED) is 0.871. The number of nitrogens with one attached hydrogen (secondary N) is 2. The molecule has 1 heterocycles. The molecule has 5 heteroatoms. The molecular weight excluding hydrogens is 254 g/mol. The Morgan fingerprint density at radius 3 is 2.40 bits per heavy atom. The number of methoxy groups -OCH3 is 1. The first-order chi connectivity index (χ1) is 9.54. The number of rotatable bonds is 4. The number of ether oxygens (including phenoxy) is 1. The average Bonchev–Trinajstić information content (AvgIpc) is 2.49. The fourth-order valence-electron chi connectivity index (χ4n) is 2.33. The number of piperazine rings is 1. The lowest BCUT2D eigenvalue weighted by Crippen LogP contribution is -2.58. The molecule has 0 unspecified atom stereocenters. The van der Waals surface area contributed by atoms with Crippen LogP contribution in [0.3, 0.4) is 0 Å². The lowest BCUT2D eigenvalue weighted by Gasteiger charge is -2.39. The van der Waals surface area contributed by atoms with E-state index in [2.05, 4.69) is 15.5 Å². The van der Waals surface area contributed by atoms with Crippen molar-refractivity contribution < 1.29 is 9.53 Å². The summed E-state index contributed by atoms with van der Waals surface area (Å²) < 4.78 is 5.11. The fourth-order valence-corrected chi connectivity index (χ4v) is 2.33. The zero-order valence-corrected chi connectivity index (χ0v) is 12.4. The molecule has 1 aliphatic rings. The summed E-state index contributed by atoms with van der Waals surface area (Å²) >= 11 is 0. The minimum absolute atomic E-state index is 0.0181. The van der Waals surface area contributed by atoms with Gasteiger partial charge in [0, 0.05) is 31.9 Å². The fraction of sp³-hybridized carbons (Fsp3) is 0.533. The Labute approximate surface area is 120 Å². The van der Waals surface area contributed by atoms with E-state index in [0.717, 1.165) is 37.6 Å². The summed E-state index contributed by atoms with van der Waals surface area (Å²) in [6.45, 7) is 7.58. The van der Waals surface area contributed by atoms with Crippen LogP contribution in [0, 0.1) is 0 Å². The Balaban J connectivity index is 2.01. The van der Waals surface area contributed by atoms with Gasteiger partial charge in [-0.15, -0.1) is 0 Å². The molecule has 0 aromatic heterocycles. The second kappa shape index (κ2) is 6.24. The third-order valence-corrected chi connectivity index (χ3v) is 3.81. The van der Waals surface area contributed by atoms with Gasteiger partial charge in [-0.2, -0.15) is 0 Å². The minimum Gasteiger partial charge on any atom is -0.497 e. The van der Waals surface area contributed by atoms with Crippen LogP contribution in [-0.2, 0) is 4.79 Å². The van der Waals surface area contributed by atoms with Crippen molar-refractivity contribution in [2.45, 2.75) is 19.4 Å². The van der Waals surface area contributed by atoms with Crippen molar-refractivity contribution in [2.24, 2.45) is 0 Å². The first-order valence-electron chi connectivity index (χ1n) is 6.95. The number of carbonyl (C=O) groups excluding carboxylic acids is 1. The number of hydrogen-bond donors (Lipinski definition) is 2. The van der Waals surface area contributed by atoms with Gasteiger partial charge in [-0.3, -0.25) is 9.69 Å². The number of carbonyl (C=O) groups is 1. The van der Waals surface area contributed by atoms with Crippen molar-refractivity contribution in [3.05, 3.63) is 24.3 Å². The van der Waals surface area contributed by atoms with Crippen LogP contribution >= 0.6 is 0 Å². The highest BCUT2D eigenvalue weighted by molar-refractivity contribution is 5.97. The Morgan fingerprint density at radius 2 is 1.85 bits per heavy atom. The summed E-state index contributed by atoms with van der Waals surface area (Å²) in [6, 6.07) is 7.38. The Morgan fingerprint density at radius 1 is 1.25 bits per heavy atom. The van der Waals surface area contributed by atoms with Gasteiger partial charge in [0.05, 0.1) is 12.6 Å². The molecule has 1 aromatic rings. The van der Waals surface area contributed by atoms with Crippen LogP contribution in [0.25, 0.3) is 0 Å². The largest absolute Gasteiger partial charge is 0.497 e. The molecule has 0 saturated carbocycles. The molecule has 0 aliphatic carbocycles. The van der Waals surface area contributed by atoms with Crippen molar-refractivity contribution in [3.8, 4) is 5.75 Å². The van der Waals surface area contributed by atoms with E-state index in [-0.39, 0.29) is 5.91 Å². The molecule has 20 heavy (non-hydrogen) atoms. The first kappa shape index (κ1) is 14.8. The van der Waals surface area contributed by atoms with E-state index < -0.39 is 5.54 Å². The molecule has 0 atom stereocenters. The molecular formula is C15H23N3O2. The van der Waals surface area contributed by atoms with Crippen molar-refractivity contribution in [3.63, 3.8) is 0 Å². The first-order valence-corrected chi connectivity index (χ1v) is 6.95. The van der Waals surface area contributed by atoms with Gasteiger partial charge >= 0.3 is 0 Å². The van der Waals surface area contributed by atoms with Gasteiger partial charge in [0.15, 0.2) is 0 Å². The summed E-state index contributed by atoms with van der Waals surface area (Å²) in [5.41, 5.74) is 0.279. The Hall–Kier alpha value is -1.59. The summed E-state index contributed by atoms with van der Waals surface area (Å²) in [7, 11) is 1.63. The number of amides is 1. The maximum absolute atomic E-state index is 12.5. The van der Waals surface area contributed by atoms with Crippen LogP contribution in [0.5, 0.6) is 5.75 Å². The molecule has 1 fully saturated rings. The van der Waals surface area contributed by atoms with E-state index >= 15 is 0 Å².